The molecule has 1 fully saturated rings. The number of piperazine rings is 1. The number of ether oxygens (including phenoxy) is 1. The second kappa shape index (κ2) is 7.47. The third-order valence-electron chi connectivity index (χ3n) is 4.46. The van der Waals surface area contributed by atoms with E-state index in [1.165, 1.54) is 16.8 Å². The molecule has 2 aromatic carbocycles. The van der Waals surface area contributed by atoms with Gasteiger partial charge in [0.05, 0.1) is 7.11 Å². The quantitative estimate of drug-likeness (QED) is 0.928. The molecule has 1 saturated heterocycles. The van der Waals surface area contributed by atoms with Gasteiger partial charge in [-0.3, -0.25) is 0 Å². The van der Waals surface area contributed by atoms with Crippen molar-refractivity contribution in [3.8, 4) is 5.75 Å². The number of carbonyl (C=O) groups is 1. The Labute approximate surface area is 149 Å². The Bertz CT molecular complexity index is 732. The van der Waals surface area contributed by atoms with Crippen LogP contribution in [0.25, 0.3) is 0 Å². The molecule has 0 radical (unpaired) electrons. The molecule has 0 aliphatic carbocycles. The van der Waals surface area contributed by atoms with Crippen molar-refractivity contribution in [3.63, 3.8) is 0 Å². The van der Waals surface area contributed by atoms with Crippen LogP contribution in [-0.4, -0.2) is 44.2 Å². The van der Waals surface area contributed by atoms with Gasteiger partial charge in [0.1, 0.15) is 5.75 Å². The number of amides is 2. The molecular weight excluding hydrogens is 314 g/mol. The summed E-state index contributed by atoms with van der Waals surface area (Å²) in [6.07, 6.45) is 0. The van der Waals surface area contributed by atoms with E-state index in [0.29, 0.717) is 13.1 Å². The van der Waals surface area contributed by atoms with E-state index in [-0.39, 0.29) is 6.03 Å². The maximum Gasteiger partial charge on any atom is 0.321 e. The Kier molecular flexibility index (Phi) is 5.12. The molecule has 2 aromatic rings. The molecule has 1 aliphatic rings. The van der Waals surface area contributed by atoms with Crippen molar-refractivity contribution in [1.29, 1.82) is 0 Å². The molecule has 0 unspecified atom stereocenters. The molecule has 5 nitrogen and oxygen atoms in total. The minimum atomic E-state index is -0.0617. The predicted octanol–water partition coefficient (Wildman–Crippen LogP) is 3.67. The first-order valence-corrected chi connectivity index (χ1v) is 8.58. The lowest BCUT2D eigenvalue weighted by atomic mass is 10.1. The van der Waals surface area contributed by atoms with Crippen LogP contribution in [0.3, 0.4) is 0 Å². The molecule has 3 rings (SSSR count). The average Bonchev–Trinajstić information content (AvgIpc) is 2.61. The van der Waals surface area contributed by atoms with E-state index < -0.39 is 0 Å². The number of benzene rings is 2. The van der Waals surface area contributed by atoms with E-state index in [9.17, 15) is 4.79 Å². The SMILES string of the molecule is COc1cccc(NC(=O)N2CCN(c3cc(C)cc(C)c3)CC2)c1. The molecule has 0 spiro atoms. The van der Waals surface area contributed by atoms with Crippen LogP contribution >= 0.6 is 0 Å². The van der Waals surface area contributed by atoms with E-state index in [2.05, 4.69) is 42.3 Å². The van der Waals surface area contributed by atoms with Gasteiger partial charge >= 0.3 is 6.03 Å². The Morgan fingerprint density at radius 3 is 2.32 bits per heavy atom. The van der Waals surface area contributed by atoms with Gasteiger partial charge in [-0.2, -0.15) is 0 Å². The maximum atomic E-state index is 12.5. The number of aryl methyl sites for hydroxylation is 2. The van der Waals surface area contributed by atoms with Crippen molar-refractivity contribution in [3.05, 3.63) is 53.6 Å². The highest BCUT2D eigenvalue weighted by molar-refractivity contribution is 5.89. The van der Waals surface area contributed by atoms with Gasteiger partial charge in [-0.15, -0.1) is 0 Å². The first kappa shape index (κ1) is 17.1. The van der Waals surface area contributed by atoms with Gasteiger partial charge in [0, 0.05) is 43.6 Å². The summed E-state index contributed by atoms with van der Waals surface area (Å²) in [5.41, 5.74) is 4.54. The van der Waals surface area contributed by atoms with Gasteiger partial charge in [0.15, 0.2) is 0 Å². The Hall–Kier alpha value is -2.69. The van der Waals surface area contributed by atoms with Crippen LogP contribution in [0, 0.1) is 13.8 Å². The number of nitrogens with one attached hydrogen (secondary N) is 1. The van der Waals surface area contributed by atoms with Crippen LogP contribution in [-0.2, 0) is 0 Å². The highest BCUT2D eigenvalue weighted by Gasteiger charge is 2.21. The summed E-state index contributed by atoms with van der Waals surface area (Å²) >= 11 is 0. The first-order chi connectivity index (χ1) is 12.0. The van der Waals surface area contributed by atoms with Crippen molar-refractivity contribution in [2.45, 2.75) is 13.8 Å². The molecule has 0 saturated carbocycles. The summed E-state index contributed by atoms with van der Waals surface area (Å²) in [6.45, 7) is 7.34. The van der Waals surface area contributed by atoms with E-state index in [4.69, 9.17) is 4.74 Å². The van der Waals surface area contributed by atoms with Gasteiger partial charge in [-0.1, -0.05) is 12.1 Å². The second-order valence-corrected chi connectivity index (χ2v) is 6.48. The van der Waals surface area contributed by atoms with Crippen LogP contribution in [0.4, 0.5) is 16.2 Å². The number of urea groups is 1. The van der Waals surface area contributed by atoms with Crippen LogP contribution in [0.15, 0.2) is 42.5 Å². The smallest absolute Gasteiger partial charge is 0.321 e. The molecule has 1 N–H and O–H groups in total. The molecule has 0 aromatic heterocycles. The third-order valence-corrected chi connectivity index (χ3v) is 4.46. The first-order valence-electron chi connectivity index (χ1n) is 8.58. The monoisotopic (exact) mass is 339 g/mol. The summed E-state index contributed by atoms with van der Waals surface area (Å²) in [5.74, 6) is 0.734. The molecule has 1 aliphatic heterocycles. The number of rotatable bonds is 3. The van der Waals surface area contributed by atoms with Crippen molar-refractivity contribution < 1.29 is 9.53 Å². The zero-order valence-corrected chi connectivity index (χ0v) is 15.1. The minimum Gasteiger partial charge on any atom is -0.497 e. The zero-order valence-electron chi connectivity index (χ0n) is 15.1. The molecule has 2 amide bonds. The van der Waals surface area contributed by atoms with Crippen molar-refractivity contribution in [2.24, 2.45) is 0 Å². The van der Waals surface area contributed by atoms with Crippen LogP contribution in [0.1, 0.15) is 11.1 Å². The largest absolute Gasteiger partial charge is 0.497 e. The van der Waals surface area contributed by atoms with E-state index in [1.807, 2.05) is 29.2 Å². The van der Waals surface area contributed by atoms with E-state index in [1.54, 1.807) is 7.11 Å². The van der Waals surface area contributed by atoms with Crippen LogP contribution < -0.4 is 15.0 Å². The Morgan fingerprint density at radius 2 is 1.68 bits per heavy atom. The van der Waals surface area contributed by atoms with Gasteiger partial charge in [-0.05, 0) is 49.2 Å². The Morgan fingerprint density at radius 1 is 1.00 bits per heavy atom. The summed E-state index contributed by atoms with van der Waals surface area (Å²) in [4.78, 5) is 16.7. The lowest BCUT2D eigenvalue weighted by Gasteiger charge is -2.36. The molecule has 25 heavy (non-hydrogen) atoms. The number of anilines is 2. The van der Waals surface area contributed by atoms with Gasteiger partial charge in [0.2, 0.25) is 0 Å². The van der Waals surface area contributed by atoms with E-state index in [0.717, 1.165) is 24.5 Å². The lowest BCUT2D eigenvalue weighted by Crippen LogP contribution is -2.50. The van der Waals surface area contributed by atoms with Gasteiger partial charge in [-0.25, -0.2) is 4.79 Å². The molecule has 1 heterocycles. The normalized spacial score (nSPS) is 14.4. The van der Waals surface area contributed by atoms with Crippen molar-refractivity contribution >= 4 is 17.4 Å². The van der Waals surface area contributed by atoms with Crippen LogP contribution in [0.2, 0.25) is 0 Å². The highest BCUT2D eigenvalue weighted by Crippen LogP contribution is 2.21. The van der Waals surface area contributed by atoms with Crippen molar-refractivity contribution in [2.75, 3.05) is 43.5 Å². The molecular formula is C20H25N3O2. The molecule has 0 atom stereocenters. The summed E-state index contributed by atoms with van der Waals surface area (Å²) in [5, 5.41) is 2.95. The Balaban J connectivity index is 1.58. The average molecular weight is 339 g/mol. The number of hydrogen-bond donors (Lipinski definition) is 1. The maximum absolute atomic E-state index is 12.5. The minimum absolute atomic E-state index is 0.0617. The fraction of sp³-hybridized carbons (Fsp3) is 0.350. The highest BCUT2D eigenvalue weighted by atomic mass is 16.5. The summed E-state index contributed by atoms with van der Waals surface area (Å²) in [7, 11) is 1.62. The number of methoxy groups -OCH3 is 1. The van der Waals surface area contributed by atoms with Gasteiger partial charge < -0.3 is 19.9 Å². The van der Waals surface area contributed by atoms with Gasteiger partial charge in [0.25, 0.3) is 0 Å². The summed E-state index contributed by atoms with van der Waals surface area (Å²) in [6, 6.07) is 14.0. The topological polar surface area (TPSA) is 44.8 Å². The molecule has 0 bridgehead atoms. The second-order valence-electron chi connectivity index (χ2n) is 6.48. The number of carbonyl (C=O) groups excluding carboxylic acids is 1. The molecule has 5 heteroatoms. The summed E-state index contributed by atoms with van der Waals surface area (Å²) < 4.78 is 5.19. The standard InChI is InChI=1S/C20H25N3O2/c1-15-11-16(2)13-18(12-15)22-7-9-23(10-8-22)20(24)21-17-5-4-6-19(14-17)25-3/h4-6,11-14H,7-10H2,1-3H3,(H,21,24). The molecule has 132 valence electrons. The number of hydrogen-bond acceptors (Lipinski definition) is 3. The number of nitrogens with zero attached hydrogens (tertiary/aromatic N) is 2. The fourth-order valence-electron chi connectivity index (χ4n) is 3.20. The zero-order chi connectivity index (χ0) is 17.8. The lowest BCUT2D eigenvalue weighted by molar-refractivity contribution is 0.208. The van der Waals surface area contributed by atoms with Crippen molar-refractivity contribution in [1.82, 2.24) is 4.90 Å². The third kappa shape index (κ3) is 4.24. The fourth-order valence-corrected chi connectivity index (χ4v) is 3.20. The van der Waals surface area contributed by atoms with E-state index >= 15 is 0 Å². The van der Waals surface area contributed by atoms with Crippen LogP contribution in [0.5, 0.6) is 5.75 Å². The predicted molar refractivity (Wildman–Crippen MR) is 102 cm³/mol.